The number of carbonyl (C=O) groups excluding carboxylic acids is 1. The Morgan fingerprint density at radius 3 is 2.82 bits per heavy atom. The van der Waals surface area contributed by atoms with E-state index >= 15 is 0 Å². The van der Waals surface area contributed by atoms with Crippen LogP contribution in [0.3, 0.4) is 0 Å². The summed E-state index contributed by atoms with van der Waals surface area (Å²) in [5.74, 6) is -0.303. The minimum Gasteiger partial charge on any atom is -0.333 e. The highest BCUT2D eigenvalue weighted by molar-refractivity contribution is 5.98. The highest BCUT2D eigenvalue weighted by Gasteiger charge is 2.27. The smallest absolute Gasteiger partial charge is 0.256 e. The molecule has 0 radical (unpaired) electrons. The van der Waals surface area contributed by atoms with Crippen molar-refractivity contribution in [3.63, 3.8) is 0 Å². The van der Waals surface area contributed by atoms with Gasteiger partial charge in [0.15, 0.2) is 0 Å². The Kier molecular flexibility index (Phi) is 3.83. The summed E-state index contributed by atoms with van der Waals surface area (Å²) >= 11 is 0. The highest BCUT2D eigenvalue weighted by Crippen LogP contribution is 2.21. The van der Waals surface area contributed by atoms with Gasteiger partial charge in [-0.1, -0.05) is 0 Å². The Morgan fingerprint density at radius 1 is 1.32 bits per heavy atom. The number of aromatic nitrogens is 1. The zero-order valence-electron chi connectivity index (χ0n) is 13.1. The van der Waals surface area contributed by atoms with Gasteiger partial charge in [0.2, 0.25) is 0 Å². The predicted octanol–water partition coefficient (Wildman–Crippen LogP) is 2.46. The van der Waals surface area contributed by atoms with Crippen LogP contribution in [0.15, 0.2) is 24.3 Å². The number of nitrogens with zero attached hydrogens (tertiary/aromatic N) is 3. The van der Waals surface area contributed by atoms with E-state index in [-0.39, 0.29) is 17.8 Å². The van der Waals surface area contributed by atoms with E-state index in [1.807, 2.05) is 11.0 Å². The van der Waals surface area contributed by atoms with Crippen molar-refractivity contribution in [3.05, 3.63) is 41.3 Å². The van der Waals surface area contributed by atoms with Gasteiger partial charge in [0, 0.05) is 37.1 Å². The number of benzene rings is 1. The molecule has 0 saturated carbocycles. The molecule has 0 unspecified atom stereocenters. The molecule has 5 heteroatoms. The molecular weight excluding hydrogens is 281 g/mol. The summed E-state index contributed by atoms with van der Waals surface area (Å²) in [6.45, 7) is 6.33. The summed E-state index contributed by atoms with van der Waals surface area (Å²) in [4.78, 5) is 21.4. The van der Waals surface area contributed by atoms with Crippen molar-refractivity contribution in [1.29, 1.82) is 0 Å². The van der Waals surface area contributed by atoms with Gasteiger partial charge < -0.3 is 9.80 Å². The monoisotopic (exact) mass is 301 g/mol. The number of hydrogen-bond acceptors (Lipinski definition) is 3. The average Bonchev–Trinajstić information content (AvgIpc) is 2.45. The Balaban J connectivity index is 1.97. The fourth-order valence-electron chi connectivity index (χ4n) is 3.05. The van der Waals surface area contributed by atoms with Gasteiger partial charge in [-0.3, -0.25) is 9.78 Å². The van der Waals surface area contributed by atoms with Crippen LogP contribution in [0.25, 0.3) is 10.9 Å². The first-order chi connectivity index (χ1) is 10.5. The molecule has 1 aromatic heterocycles. The van der Waals surface area contributed by atoms with E-state index in [0.29, 0.717) is 16.8 Å². The van der Waals surface area contributed by atoms with Crippen LogP contribution in [0, 0.1) is 12.7 Å². The molecule has 1 aliphatic rings. The van der Waals surface area contributed by atoms with Gasteiger partial charge in [-0.05, 0) is 39.1 Å². The molecule has 1 fully saturated rings. The van der Waals surface area contributed by atoms with Crippen molar-refractivity contribution in [2.75, 3.05) is 26.7 Å². The molecule has 0 N–H and O–H groups in total. The van der Waals surface area contributed by atoms with E-state index in [1.165, 1.54) is 12.1 Å². The number of hydrogen-bond donors (Lipinski definition) is 0. The number of halogens is 1. The summed E-state index contributed by atoms with van der Waals surface area (Å²) < 4.78 is 13.3. The zero-order chi connectivity index (χ0) is 15.9. The van der Waals surface area contributed by atoms with Crippen LogP contribution in [0.1, 0.15) is 23.0 Å². The fraction of sp³-hybridized carbons (Fsp3) is 0.412. The number of likely N-dealkylation sites (N-methyl/N-ethyl adjacent to an activating group) is 1. The van der Waals surface area contributed by atoms with E-state index in [2.05, 4.69) is 23.9 Å². The Hall–Kier alpha value is -2.01. The van der Waals surface area contributed by atoms with Gasteiger partial charge in [0.1, 0.15) is 5.82 Å². The lowest BCUT2D eigenvalue weighted by Crippen LogP contribution is -2.52. The molecule has 1 aliphatic heterocycles. The van der Waals surface area contributed by atoms with E-state index in [4.69, 9.17) is 0 Å². The maximum Gasteiger partial charge on any atom is 0.256 e. The number of carbonyl (C=O) groups is 1. The number of pyridine rings is 1. The van der Waals surface area contributed by atoms with E-state index in [0.717, 1.165) is 25.0 Å². The number of piperazine rings is 1. The van der Waals surface area contributed by atoms with Crippen LogP contribution < -0.4 is 0 Å². The molecule has 4 nitrogen and oxygen atoms in total. The summed E-state index contributed by atoms with van der Waals surface area (Å²) in [5.41, 5.74) is 1.84. The van der Waals surface area contributed by atoms with Gasteiger partial charge in [0.05, 0.1) is 16.8 Å². The van der Waals surface area contributed by atoms with Crippen molar-refractivity contribution in [2.45, 2.75) is 19.9 Å². The first-order valence-corrected chi connectivity index (χ1v) is 7.52. The largest absolute Gasteiger partial charge is 0.333 e. The van der Waals surface area contributed by atoms with Gasteiger partial charge in [-0.2, -0.15) is 0 Å². The average molecular weight is 301 g/mol. The molecule has 22 heavy (non-hydrogen) atoms. The van der Waals surface area contributed by atoms with Crippen molar-refractivity contribution in [2.24, 2.45) is 0 Å². The number of rotatable bonds is 1. The minimum absolute atomic E-state index is 0.0109. The first-order valence-electron chi connectivity index (χ1n) is 7.52. The number of amides is 1. The van der Waals surface area contributed by atoms with Crippen molar-refractivity contribution in [3.8, 4) is 0 Å². The molecule has 116 valence electrons. The quantitative estimate of drug-likeness (QED) is 0.812. The molecule has 1 saturated heterocycles. The van der Waals surface area contributed by atoms with Crippen molar-refractivity contribution >= 4 is 16.8 Å². The van der Waals surface area contributed by atoms with Crippen LogP contribution >= 0.6 is 0 Å². The second-order valence-corrected chi connectivity index (χ2v) is 6.07. The summed E-state index contributed by atoms with van der Waals surface area (Å²) in [5, 5.41) is 0.789. The SMILES string of the molecule is Cc1nc2cc(F)ccc2cc1C(=O)N1CCN(C)C[C@H]1C. The van der Waals surface area contributed by atoms with E-state index in [1.54, 1.807) is 13.0 Å². The molecule has 0 aliphatic carbocycles. The first kappa shape index (κ1) is 14.9. The minimum atomic E-state index is -0.314. The molecule has 1 aromatic carbocycles. The normalized spacial score (nSPS) is 19.6. The lowest BCUT2D eigenvalue weighted by molar-refractivity contribution is 0.0532. The Labute approximate surface area is 129 Å². The lowest BCUT2D eigenvalue weighted by Gasteiger charge is -2.38. The predicted molar refractivity (Wildman–Crippen MR) is 84.4 cm³/mol. The van der Waals surface area contributed by atoms with Gasteiger partial charge in [0.25, 0.3) is 5.91 Å². The Bertz CT molecular complexity index is 731. The van der Waals surface area contributed by atoms with Crippen molar-refractivity contribution < 1.29 is 9.18 Å². The molecule has 3 rings (SSSR count). The standard InChI is InChI=1S/C17H20FN3O/c1-11-10-20(3)6-7-21(11)17(22)15-8-13-4-5-14(18)9-16(13)19-12(15)2/h4-5,8-9,11H,6-7,10H2,1-3H3/t11-/m1/s1. The van der Waals surface area contributed by atoms with Gasteiger partial charge >= 0.3 is 0 Å². The molecule has 2 aromatic rings. The number of fused-ring (bicyclic) bond motifs is 1. The molecule has 1 amide bonds. The summed E-state index contributed by atoms with van der Waals surface area (Å²) in [6.07, 6.45) is 0. The van der Waals surface area contributed by atoms with Crippen LogP contribution in [-0.2, 0) is 0 Å². The highest BCUT2D eigenvalue weighted by atomic mass is 19.1. The van der Waals surface area contributed by atoms with E-state index < -0.39 is 0 Å². The maximum atomic E-state index is 13.3. The van der Waals surface area contributed by atoms with Crippen LogP contribution in [-0.4, -0.2) is 53.4 Å². The second kappa shape index (κ2) is 5.65. The topological polar surface area (TPSA) is 36.4 Å². The molecule has 0 bridgehead atoms. The lowest BCUT2D eigenvalue weighted by atomic mass is 10.1. The van der Waals surface area contributed by atoms with E-state index in [9.17, 15) is 9.18 Å². The fourth-order valence-corrected chi connectivity index (χ4v) is 3.05. The molecule has 2 heterocycles. The molecule has 0 spiro atoms. The number of aryl methyl sites for hydroxylation is 1. The van der Waals surface area contributed by atoms with Gasteiger partial charge in [-0.25, -0.2) is 4.39 Å². The summed E-state index contributed by atoms with van der Waals surface area (Å²) in [7, 11) is 2.07. The van der Waals surface area contributed by atoms with Crippen LogP contribution in [0.2, 0.25) is 0 Å². The molecular formula is C17H20FN3O. The molecule has 1 atom stereocenters. The van der Waals surface area contributed by atoms with Crippen LogP contribution in [0.4, 0.5) is 4.39 Å². The maximum absolute atomic E-state index is 13.3. The third-order valence-corrected chi connectivity index (χ3v) is 4.29. The van der Waals surface area contributed by atoms with Crippen LogP contribution in [0.5, 0.6) is 0 Å². The van der Waals surface area contributed by atoms with Crippen molar-refractivity contribution in [1.82, 2.24) is 14.8 Å². The third-order valence-electron chi connectivity index (χ3n) is 4.29. The zero-order valence-corrected chi connectivity index (χ0v) is 13.1. The second-order valence-electron chi connectivity index (χ2n) is 6.07. The third kappa shape index (κ3) is 2.68. The van der Waals surface area contributed by atoms with Gasteiger partial charge in [-0.15, -0.1) is 0 Å². The summed E-state index contributed by atoms with van der Waals surface area (Å²) in [6, 6.07) is 6.46. The Morgan fingerprint density at radius 2 is 2.09 bits per heavy atom.